The van der Waals surface area contributed by atoms with Crippen LogP contribution in [-0.4, -0.2) is 47.6 Å². The predicted molar refractivity (Wildman–Crippen MR) is 140 cm³/mol. The van der Waals surface area contributed by atoms with Crippen LogP contribution in [0.15, 0.2) is 0 Å². The van der Waals surface area contributed by atoms with Crippen molar-refractivity contribution in [2.75, 3.05) is 19.8 Å². The van der Waals surface area contributed by atoms with Crippen molar-refractivity contribution in [3.8, 4) is 0 Å². The number of carbonyl (C=O) groups excluding carboxylic acids is 2. The molecule has 0 aliphatic rings. The zero-order valence-corrected chi connectivity index (χ0v) is 24.5. The largest absolute Gasteiger partial charge is 0.472 e. The molecule has 1 amide bonds. The fourth-order valence-corrected chi connectivity index (χ4v) is 4.63. The molecule has 0 aliphatic heterocycles. The molecule has 0 aromatic rings. The molecule has 0 aliphatic carbocycles. The Hall–Kier alpha value is -0.790. The Morgan fingerprint density at radius 3 is 1.97 bits per heavy atom. The standard InChI is InChI=1S/C26H52NO7P/c1-10-11-12-13-14-15-16-27-23(30)22(29)26(8,9)19-34-35(31,32)33-18-20(17-24(2,3)4)21(28)25(5,6)7/h20,22,29H,10-19H2,1-9H3,(H,27,30)(H,31,32). The van der Waals surface area contributed by atoms with E-state index in [-0.39, 0.29) is 24.4 Å². The second kappa shape index (κ2) is 14.8. The van der Waals surface area contributed by atoms with Gasteiger partial charge >= 0.3 is 7.82 Å². The number of carbonyl (C=O) groups is 2. The van der Waals surface area contributed by atoms with Gasteiger partial charge in [0.15, 0.2) is 0 Å². The van der Waals surface area contributed by atoms with Crippen LogP contribution in [0.4, 0.5) is 0 Å². The quantitative estimate of drug-likeness (QED) is 0.167. The van der Waals surface area contributed by atoms with Gasteiger partial charge < -0.3 is 15.3 Å². The number of phosphoric ester groups is 1. The first-order valence-corrected chi connectivity index (χ1v) is 14.4. The highest BCUT2D eigenvalue weighted by Gasteiger charge is 2.38. The number of unbranched alkanes of at least 4 members (excludes halogenated alkanes) is 5. The summed E-state index contributed by atoms with van der Waals surface area (Å²) in [5.41, 5.74) is -1.92. The molecular weight excluding hydrogens is 469 g/mol. The molecule has 0 fully saturated rings. The van der Waals surface area contributed by atoms with E-state index < -0.39 is 36.6 Å². The zero-order valence-electron chi connectivity index (χ0n) is 23.6. The third kappa shape index (κ3) is 15.1. The average molecular weight is 522 g/mol. The predicted octanol–water partition coefficient (Wildman–Crippen LogP) is 5.65. The molecule has 0 saturated carbocycles. The second-order valence-electron chi connectivity index (χ2n) is 12.6. The second-order valence-corrected chi connectivity index (χ2v) is 14.0. The van der Waals surface area contributed by atoms with E-state index in [1.807, 2.05) is 20.8 Å². The Morgan fingerprint density at radius 2 is 1.46 bits per heavy atom. The number of Topliss-reactive ketones (excluding diaryl/α,β-unsaturated/α-hetero) is 1. The van der Waals surface area contributed by atoms with Gasteiger partial charge in [-0.15, -0.1) is 0 Å². The van der Waals surface area contributed by atoms with Gasteiger partial charge in [-0.25, -0.2) is 4.57 Å². The third-order valence-electron chi connectivity index (χ3n) is 5.83. The smallest absolute Gasteiger partial charge is 0.383 e. The summed E-state index contributed by atoms with van der Waals surface area (Å²) in [5, 5.41) is 13.2. The number of phosphoric acid groups is 1. The molecule has 0 rings (SSSR count). The molecule has 0 spiro atoms. The van der Waals surface area contributed by atoms with Gasteiger partial charge in [0.05, 0.1) is 13.2 Å². The zero-order chi connectivity index (χ0) is 27.5. The molecule has 0 radical (unpaired) electrons. The van der Waals surface area contributed by atoms with E-state index in [2.05, 4.69) is 12.2 Å². The molecule has 9 heteroatoms. The Balaban J connectivity index is 4.80. The summed E-state index contributed by atoms with van der Waals surface area (Å²) in [6.45, 7) is 16.6. The van der Waals surface area contributed by atoms with Crippen molar-refractivity contribution in [3.05, 3.63) is 0 Å². The van der Waals surface area contributed by atoms with Gasteiger partial charge in [0.1, 0.15) is 11.9 Å². The van der Waals surface area contributed by atoms with Crippen LogP contribution in [0.1, 0.15) is 107 Å². The summed E-state index contributed by atoms with van der Waals surface area (Å²) in [7, 11) is -4.50. The van der Waals surface area contributed by atoms with Crippen LogP contribution in [0.25, 0.3) is 0 Å². The lowest BCUT2D eigenvalue weighted by atomic mass is 9.76. The van der Waals surface area contributed by atoms with E-state index in [1.54, 1.807) is 34.6 Å². The van der Waals surface area contributed by atoms with Gasteiger partial charge in [-0.05, 0) is 18.3 Å². The SMILES string of the molecule is CCCCCCCCNC(=O)C(O)C(C)(C)COP(=O)(O)OCC(CC(C)(C)C)C(=O)C(C)(C)C. The lowest BCUT2D eigenvalue weighted by Crippen LogP contribution is -2.46. The van der Waals surface area contributed by atoms with Crippen LogP contribution in [-0.2, 0) is 23.2 Å². The number of ketones is 1. The summed E-state index contributed by atoms with van der Waals surface area (Å²) in [6.07, 6.45) is 5.62. The van der Waals surface area contributed by atoms with E-state index in [9.17, 15) is 24.2 Å². The fourth-order valence-electron chi connectivity index (χ4n) is 3.70. The molecule has 0 aromatic carbocycles. The number of rotatable bonds is 17. The maximum Gasteiger partial charge on any atom is 0.472 e. The van der Waals surface area contributed by atoms with Crippen LogP contribution in [0, 0.1) is 22.2 Å². The van der Waals surface area contributed by atoms with Crippen LogP contribution in [0.2, 0.25) is 0 Å². The minimum absolute atomic E-state index is 0.0507. The lowest BCUT2D eigenvalue weighted by molar-refractivity contribution is -0.137. The first-order chi connectivity index (χ1) is 15.8. The molecule has 35 heavy (non-hydrogen) atoms. The minimum atomic E-state index is -4.50. The Labute approximate surface area is 213 Å². The average Bonchev–Trinajstić information content (AvgIpc) is 2.72. The van der Waals surface area contributed by atoms with Crippen molar-refractivity contribution < 1.29 is 33.2 Å². The monoisotopic (exact) mass is 521 g/mol. The first kappa shape index (κ1) is 34.2. The molecule has 3 N–H and O–H groups in total. The van der Waals surface area contributed by atoms with Gasteiger partial charge in [0.25, 0.3) is 0 Å². The summed E-state index contributed by atoms with van der Waals surface area (Å²) in [6, 6.07) is 0. The van der Waals surface area contributed by atoms with Gasteiger partial charge in [-0.1, -0.05) is 94.4 Å². The van der Waals surface area contributed by atoms with Gasteiger partial charge in [0, 0.05) is 23.3 Å². The molecule has 8 nitrogen and oxygen atoms in total. The molecule has 0 heterocycles. The first-order valence-electron chi connectivity index (χ1n) is 12.9. The number of amides is 1. The topological polar surface area (TPSA) is 122 Å². The Kier molecular flexibility index (Phi) is 14.5. The van der Waals surface area contributed by atoms with Crippen LogP contribution in [0.3, 0.4) is 0 Å². The highest BCUT2D eigenvalue weighted by molar-refractivity contribution is 7.47. The van der Waals surface area contributed by atoms with Crippen molar-refractivity contribution in [3.63, 3.8) is 0 Å². The highest BCUT2D eigenvalue weighted by Crippen LogP contribution is 2.46. The summed E-state index contributed by atoms with van der Waals surface area (Å²) < 4.78 is 22.9. The fraction of sp³-hybridized carbons (Fsp3) is 0.923. The van der Waals surface area contributed by atoms with E-state index in [4.69, 9.17) is 9.05 Å². The van der Waals surface area contributed by atoms with Gasteiger partial charge in [-0.3, -0.25) is 18.6 Å². The van der Waals surface area contributed by atoms with Crippen molar-refractivity contribution in [2.24, 2.45) is 22.2 Å². The molecule has 0 saturated heterocycles. The van der Waals surface area contributed by atoms with Crippen molar-refractivity contribution >= 4 is 19.5 Å². The van der Waals surface area contributed by atoms with E-state index in [0.717, 1.165) is 19.3 Å². The van der Waals surface area contributed by atoms with E-state index in [1.165, 1.54) is 19.3 Å². The molecule has 3 unspecified atom stereocenters. The van der Waals surface area contributed by atoms with Crippen molar-refractivity contribution in [1.29, 1.82) is 0 Å². The van der Waals surface area contributed by atoms with Gasteiger partial charge in [0.2, 0.25) is 5.91 Å². The number of nitrogens with one attached hydrogen (secondary N) is 1. The maximum absolute atomic E-state index is 12.8. The number of aliphatic hydroxyl groups is 1. The molecule has 0 aromatic heterocycles. The number of aliphatic hydroxyl groups excluding tert-OH is 1. The van der Waals surface area contributed by atoms with E-state index in [0.29, 0.717) is 13.0 Å². The lowest BCUT2D eigenvalue weighted by Gasteiger charge is -2.31. The molecule has 3 atom stereocenters. The third-order valence-corrected chi connectivity index (χ3v) is 6.76. The van der Waals surface area contributed by atoms with Crippen LogP contribution in [0.5, 0.6) is 0 Å². The summed E-state index contributed by atoms with van der Waals surface area (Å²) in [5.74, 6) is -1.16. The number of hydrogen-bond acceptors (Lipinski definition) is 6. The maximum atomic E-state index is 12.8. The van der Waals surface area contributed by atoms with Crippen LogP contribution >= 0.6 is 7.82 Å². The number of hydrogen-bond donors (Lipinski definition) is 3. The minimum Gasteiger partial charge on any atom is -0.383 e. The van der Waals surface area contributed by atoms with Crippen molar-refractivity contribution in [1.82, 2.24) is 5.32 Å². The summed E-state index contributed by atoms with van der Waals surface area (Å²) >= 11 is 0. The van der Waals surface area contributed by atoms with Crippen molar-refractivity contribution in [2.45, 2.75) is 113 Å². The normalized spacial score (nSPS) is 16.4. The summed E-state index contributed by atoms with van der Waals surface area (Å²) in [4.78, 5) is 35.4. The van der Waals surface area contributed by atoms with E-state index >= 15 is 0 Å². The molecular formula is C26H52NO7P. The van der Waals surface area contributed by atoms with Gasteiger partial charge in [-0.2, -0.15) is 0 Å². The molecule has 208 valence electrons. The molecule has 0 bridgehead atoms. The van der Waals surface area contributed by atoms with Crippen LogP contribution < -0.4 is 5.32 Å². The Morgan fingerprint density at radius 1 is 0.914 bits per heavy atom. The highest BCUT2D eigenvalue weighted by atomic mass is 31.2. The Bertz CT molecular complexity index is 695.